The Kier molecular flexibility index (Phi) is 4.05. The van der Waals surface area contributed by atoms with E-state index in [-0.39, 0.29) is 0 Å². The number of aromatic nitrogens is 1. The Morgan fingerprint density at radius 2 is 2.06 bits per heavy atom. The van der Waals surface area contributed by atoms with E-state index in [1.54, 1.807) is 6.07 Å². The van der Waals surface area contributed by atoms with Crippen molar-refractivity contribution in [1.29, 1.82) is 0 Å². The van der Waals surface area contributed by atoms with Crippen LogP contribution in [0.2, 0.25) is 5.15 Å². The Hall–Kier alpha value is -0.760. The van der Waals surface area contributed by atoms with Gasteiger partial charge in [-0.2, -0.15) is 0 Å². The van der Waals surface area contributed by atoms with Crippen molar-refractivity contribution in [3.05, 3.63) is 23.4 Å². The van der Waals surface area contributed by atoms with Crippen molar-refractivity contribution >= 4 is 17.4 Å². The van der Waals surface area contributed by atoms with Crippen LogP contribution in [0.25, 0.3) is 0 Å². The fraction of sp³-hybridized carbons (Fsp3) is 0.615. The van der Waals surface area contributed by atoms with Gasteiger partial charge >= 0.3 is 0 Å². The van der Waals surface area contributed by atoms with Crippen LogP contribution in [0.3, 0.4) is 0 Å². The first-order chi connectivity index (χ1) is 7.74. The molecule has 1 aliphatic carbocycles. The van der Waals surface area contributed by atoms with Gasteiger partial charge in [0.2, 0.25) is 0 Å². The van der Waals surface area contributed by atoms with Gasteiger partial charge in [-0.05, 0) is 36.8 Å². The van der Waals surface area contributed by atoms with E-state index in [2.05, 4.69) is 17.2 Å². The molecule has 1 aromatic heterocycles. The number of nitrogens with one attached hydrogen (secondary N) is 1. The first-order valence-corrected chi connectivity index (χ1v) is 6.48. The van der Waals surface area contributed by atoms with Gasteiger partial charge in [-0.1, -0.05) is 37.4 Å². The number of halogens is 1. The number of hydrogen-bond acceptors (Lipinski definition) is 2. The second kappa shape index (κ2) is 5.53. The van der Waals surface area contributed by atoms with E-state index in [0.717, 1.165) is 24.2 Å². The van der Waals surface area contributed by atoms with Crippen LogP contribution in [0.1, 0.15) is 32.6 Å². The van der Waals surface area contributed by atoms with E-state index < -0.39 is 0 Å². The summed E-state index contributed by atoms with van der Waals surface area (Å²) in [7, 11) is 0. The number of pyridine rings is 1. The molecule has 0 spiro atoms. The minimum atomic E-state index is 0.558. The molecule has 1 heterocycles. The molecule has 1 aliphatic rings. The lowest BCUT2D eigenvalue weighted by Gasteiger charge is -2.26. The number of hydrogen-bond donors (Lipinski definition) is 1. The Bertz CT molecular complexity index is 332. The van der Waals surface area contributed by atoms with Gasteiger partial charge in [0, 0.05) is 6.54 Å². The van der Waals surface area contributed by atoms with E-state index in [4.69, 9.17) is 11.6 Å². The molecular weight excluding hydrogens is 220 g/mol. The zero-order valence-corrected chi connectivity index (χ0v) is 10.5. The number of anilines is 1. The van der Waals surface area contributed by atoms with E-state index in [1.165, 1.54) is 25.7 Å². The molecule has 2 nitrogen and oxygen atoms in total. The number of nitrogens with zero attached hydrogens (tertiary/aromatic N) is 1. The largest absolute Gasteiger partial charge is 0.370 e. The molecule has 2 rings (SSSR count). The highest BCUT2D eigenvalue weighted by Crippen LogP contribution is 2.28. The summed E-state index contributed by atoms with van der Waals surface area (Å²) < 4.78 is 0. The molecule has 0 radical (unpaired) electrons. The van der Waals surface area contributed by atoms with Crippen molar-refractivity contribution in [1.82, 2.24) is 4.98 Å². The molecule has 0 aromatic carbocycles. The molecule has 1 saturated carbocycles. The molecule has 0 bridgehead atoms. The molecule has 0 saturated heterocycles. The van der Waals surface area contributed by atoms with Crippen LogP contribution in [0, 0.1) is 11.8 Å². The Morgan fingerprint density at radius 3 is 2.75 bits per heavy atom. The maximum Gasteiger partial charge on any atom is 0.131 e. The molecule has 0 aliphatic heterocycles. The van der Waals surface area contributed by atoms with Gasteiger partial charge in [-0.3, -0.25) is 0 Å². The molecule has 88 valence electrons. The topological polar surface area (TPSA) is 24.9 Å². The van der Waals surface area contributed by atoms with Gasteiger partial charge in [0.15, 0.2) is 0 Å². The molecule has 1 aromatic rings. The zero-order valence-electron chi connectivity index (χ0n) is 9.75. The highest BCUT2D eigenvalue weighted by Gasteiger charge is 2.17. The average molecular weight is 239 g/mol. The van der Waals surface area contributed by atoms with Gasteiger partial charge in [0.1, 0.15) is 11.0 Å². The van der Waals surface area contributed by atoms with Crippen molar-refractivity contribution in [2.45, 2.75) is 32.6 Å². The third-order valence-corrected chi connectivity index (χ3v) is 3.63. The summed E-state index contributed by atoms with van der Waals surface area (Å²) in [5.74, 6) is 2.61. The Labute approximate surface area is 102 Å². The van der Waals surface area contributed by atoms with Crippen molar-refractivity contribution in [3.8, 4) is 0 Å². The summed E-state index contributed by atoms with van der Waals surface area (Å²) in [6.07, 6.45) is 5.42. The minimum Gasteiger partial charge on any atom is -0.370 e. The minimum absolute atomic E-state index is 0.558. The molecule has 0 atom stereocenters. The Morgan fingerprint density at radius 1 is 1.31 bits per heavy atom. The van der Waals surface area contributed by atoms with Crippen LogP contribution in [-0.4, -0.2) is 11.5 Å². The fourth-order valence-corrected chi connectivity index (χ4v) is 2.45. The van der Waals surface area contributed by atoms with Crippen LogP contribution >= 0.6 is 11.6 Å². The summed E-state index contributed by atoms with van der Waals surface area (Å²) in [4.78, 5) is 4.23. The van der Waals surface area contributed by atoms with Gasteiger partial charge in [0.05, 0.1) is 0 Å². The lowest BCUT2D eigenvalue weighted by atomic mass is 9.83. The third-order valence-electron chi connectivity index (χ3n) is 3.42. The van der Waals surface area contributed by atoms with E-state index in [9.17, 15) is 0 Å². The van der Waals surface area contributed by atoms with E-state index in [0.29, 0.717) is 5.15 Å². The Balaban J connectivity index is 1.79. The van der Waals surface area contributed by atoms with Crippen molar-refractivity contribution in [2.24, 2.45) is 11.8 Å². The fourth-order valence-electron chi connectivity index (χ4n) is 2.29. The van der Waals surface area contributed by atoms with Crippen LogP contribution in [-0.2, 0) is 0 Å². The maximum absolute atomic E-state index is 5.83. The molecule has 0 amide bonds. The van der Waals surface area contributed by atoms with Gasteiger partial charge in [0.25, 0.3) is 0 Å². The summed E-state index contributed by atoms with van der Waals surface area (Å²) in [5.41, 5.74) is 0. The first-order valence-electron chi connectivity index (χ1n) is 6.10. The third kappa shape index (κ3) is 3.38. The predicted molar refractivity (Wildman–Crippen MR) is 68.9 cm³/mol. The van der Waals surface area contributed by atoms with E-state index in [1.807, 2.05) is 12.1 Å². The second-order valence-electron chi connectivity index (χ2n) is 4.85. The van der Waals surface area contributed by atoms with E-state index >= 15 is 0 Å². The molecule has 3 heteroatoms. The number of rotatable bonds is 3. The molecule has 0 unspecified atom stereocenters. The summed E-state index contributed by atoms with van der Waals surface area (Å²) >= 11 is 5.83. The highest BCUT2D eigenvalue weighted by molar-refractivity contribution is 6.29. The van der Waals surface area contributed by atoms with Crippen molar-refractivity contribution in [2.75, 3.05) is 11.9 Å². The lowest BCUT2D eigenvalue weighted by molar-refractivity contribution is 0.300. The quantitative estimate of drug-likeness (QED) is 0.806. The van der Waals surface area contributed by atoms with Crippen molar-refractivity contribution in [3.63, 3.8) is 0 Å². The molecule has 16 heavy (non-hydrogen) atoms. The van der Waals surface area contributed by atoms with Gasteiger partial charge in [-0.25, -0.2) is 4.98 Å². The molecule has 1 N–H and O–H groups in total. The summed E-state index contributed by atoms with van der Waals surface area (Å²) in [6.45, 7) is 3.38. The summed E-state index contributed by atoms with van der Waals surface area (Å²) in [5, 5.41) is 3.93. The summed E-state index contributed by atoms with van der Waals surface area (Å²) in [6, 6.07) is 5.70. The molecular formula is C13H19ClN2. The van der Waals surface area contributed by atoms with Crippen LogP contribution in [0.5, 0.6) is 0 Å². The van der Waals surface area contributed by atoms with Gasteiger partial charge in [-0.15, -0.1) is 0 Å². The lowest BCUT2D eigenvalue weighted by Crippen LogP contribution is -2.20. The second-order valence-corrected chi connectivity index (χ2v) is 5.24. The monoisotopic (exact) mass is 238 g/mol. The predicted octanol–water partition coefficient (Wildman–Crippen LogP) is 3.97. The average Bonchev–Trinajstić information content (AvgIpc) is 2.28. The van der Waals surface area contributed by atoms with Gasteiger partial charge < -0.3 is 5.32 Å². The standard InChI is InChI=1S/C13H19ClN2/c1-10-5-7-11(8-6-10)9-15-13-4-2-3-12(14)16-13/h2-4,10-11H,5-9H2,1H3,(H,15,16). The smallest absolute Gasteiger partial charge is 0.131 e. The highest BCUT2D eigenvalue weighted by atomic mass is 35.5. The SMILES string of the molecule is CC1CCC(CNc2cccc(Cl)n2)CC1. The van der Waals surface area contributed by atoms with Crippen LogP contribution in [0.15, 0.2) is 18.2 Å². The first kappa shape index (κ1) is 11.7. The van der Waals surface area contributed by atoms with Crippen LogP contribution in [0.4, 0.5) is 5.82 Å². The zero-order chi connectivity index (χ0) is 11.4. The maximum atomic E-state index is 5.83. The molecule has 1 fully saturated rings. The van der Waals surface area contributed by atoms with Crippen LogP contribution < -0.4 is 5.32 Å². The van der Waals surface area contributed by atoms with Crippen molar-refractivity contribution < 1.29 is 0 Å². The normalized spacial score (nSPS) is 25.4.